The van der Waals surface area contributed by atoms with Crippen molar-refractivity contribution in [3.05, 3.63) is 18.1 Å². The Labute approximate surface area is 107 Å². The van der Waals surface area contributed by atoms with Gasteiger partial charge in [-0.15, -0.1) is 0 Å². The van der Waals surface area contributed by atoms with Crippen LogP contribution >= 0.6 is 0 Å². The summed E-state index contributed by atoms with van der Waals surface area (Å²) >= 11 is 0. The molecule has 1 unspecified atom stereocenters. The van der Waals surface area contributed by atoms with Crippen molar-refractivity contribution in [3.8, 4) is 0 Å². The van der Waals surface area contributed by atoms with Gasteiger partial charge in [0.15, 0.2) is 5.82 Å². The summed E-state index contributed by atoms with van der Waals surface area (Å²) in [7, 11) is 0. The van der Waals surface area contributed by atoms with Crippen LogP contribution in [-0.2, 0) is 4.74 Å². The van der Waals surface area contributed by atoms with E-state index >= 15 is 0 Å². The molecule has 0 amide bonds. The fourth-order valence-electron chi connectivity index (χ4n) is 2.37. The lowest BCUT2D eigenvalue weighted by Crippen LogP contribution is -2.52. The third-order valence-electron chi connectivity index (χ3n) is 2.80. The van der Waals surface area contributed by atoms with Crippen LogP contribution in [0.5, 0.6) is 0 Å². The van der Waals surface area contributed by atoms with Crippen LogP contribution in [0.1, 0.15) is 26.5 Å². The summed E-state index contributed by atoms with van der Waals surface area (Å²) in [6.07, 6.45) is 3.28. The van der Waals surface area contributed by atoms with Gasteiger partial charge in [0.25, 0.3) is 0 Å². The van der Waals surface area contributed by atoms with Crippen molar-refractivity contribution in [3.63, 3.8) is 0 Å². The van der Waals surface area contributed by atoms with Gasteiger partial charge in [-0.3, -0.25) is 5.41 Å². The second-order valence-corrected chi connectivity index (χ2v) is 5.21. The standard InChI is InChI=1S/C12H19N5O/c1-8-6-17(7-12(2,3)18-8)11-9(10(13)14)15-4-5-16-11/h4-5,8H,6-7H2,1-3H3,(H3,13,14). The van der Waals surface area contributed by atoms with Crippen molar-refractivity contribution >= 4 is 11.7 Å². The first-order valence-corrected chi connectivity index (χ1v) is 5.97. The summed E-state index contributed by atoms with van der Waals surface area (Å²) in [6, 6.07) is 0. The van der Waals surface area contributed by atoms with Gasteiger partial charge >= 0.3 is 0 Å². The van der Waals surface area contributed by atoms with Gasteiger partial charge in [0, 0.05) is 25.5 Å². The zero-order chi connectivity index (χ0) is 13.3. The van der Waals surface area contributed by atoms with Crippen molar-refractivity contribution in [2.75, 3.05) is 18.0 Å². The van der Waals surface area contributed by atoms with E-state index in [1.807, 2.05) is 20.8 Å². The lowest BCUT2D eigenvalue weighted by molar-refractivity contribution is -0.0751. The monoisotopic (exact) mass is 249 g/mol. The summed E-state index contributed by atoms with van der Waals surface area (Å²) in [6.45, 7) is 7.54. The highest BCUT2D eigenvalue weighted by Crippen LogP contribution is 2.25. The van der Waals surface area contributed by atoms with E-state index in [1.165, 1.54) is 0 Å². The first-order valence-electron chi connectivity index (χ1n) is 5.97. The number of ether oxygens (including phenoxy) is 1. The fourth-order valence-corrected chi connectivity index (χ4v) is 2.37. The van der Waals surface area contributed by atoms with Gasteiger partial charge in [-0.05, 0) is 20.8 Å². The van der Waals surface area contributed by atoms with Crippen LogP contribution < -0.4 is 10.6 Å². The molecule has 0 saturated carbocycles. The molecule has 1 saturated heterocycles. The van der Waals surface area contributed by atoms with Gasteiger partial charge in [-0.1, -0.05) is 0 Å². The van der Waals surface area contributed by atoms with E-state index in [1.54, 1.807) is 12.4 Å². The Hall–Kier alpha value is -1.69. The minimum absolute atomic E-state index is 0.0601. The van der Waals surface area contributed by atoms with Gasteiger partial charge < -0.3 is 15.4 Å². The van der Waals surface area contributed by atoms with Gasteiger partial charge in [0.2, 0.25) is 0 Å². The number of morpholine rings is 1. The zero-order valence-corrected chi connectivity index (χ0v) is 11.0. The Morgan fingerprint density at radius 3 is 2.78 bits per heavy atom. The van der Waals surface area contributed by atoms with Crippen LogP contribution in [0.4, 0.5) is 5.82 Å². The molecule has 1 fully saturated rings. The van der Waals surface area contributed by atoms with Crippen LogP contribution in [0.25, 0.3) is 0 Å². The van der Waals surface area contributed by atoms with Crippen LogP contribution in [-0.4, -0.2) is 40.6 Å². The molecule has 0 radical (unpaired) electrons. The highest BCUT2D eigenvalue weighted by atomic mass is 16.5. The van der Waals surface area contributed by atoms with Gasteiger partial charge in [0.05, 0.1) is 11.7 Å². The van der Waals surface area contributed by atoms with Gasteiger partial charge in [0.1, 0.15) is 11.5 Å². The Kier molecular flexibility index (Phi) is 3.21. The van der Waals surface area contributed by atoms with E-state index in [9.17, 15) is 0 Å². The van der Waals surface area contributed by atoms with E-state index in [2.05, 4.69) is 14.9 Å². The maximum atomic E-state index is 7.56. The smallest absolute Gasteiger partial charge is 0.158 e. The lowest BCUT2D eigenvalue weighted by Gasteiger charge is -2.42. The largest absolute Gasteiger partial charge is 0.382 e. The number of aromatic nitrogens is 2. The van der Waals surface area contributed by atoms with E-state index in [0.29, 0.717) is 18.1 Å². The van der Waals surface area contributed by atoms with Crippen molar-refractivity contribution in [2.45, 2.75) is 32.5 Å². The molecule has 3 N–H and O–H groups in total. The number of nitrogens with zero attached hydrogens (tertiary/aromatic N) is 3. The second kappa shape index (κ2) is 4.53. The van der Waals surface area contributed by atoms with Crippen molar-refractivity contribution in [2.24, 2.45) is 5.73 Å². The number of anilines is 1. The number of nitrogens with two attached hydrogens (primary N) is 1. The maximum absolute atomic E-state index is 7.56. The summed E-state index contributed by atoms with van der Waals surface area (Å²) in [4.78, 5) is 10.5. The molecule has 2 rings (SSSR count). The van der Waals surface area contributed by atoms with Crippen molar-refractivity contribution in [1.82, 2.24) is 9.97 Å². The third-order valence-corrected chi connectivity index (χ3v) is 2.80. The predicted molar refractivity (Wildman–Crippen MR) is 69.9 cm³/mol. The Bertz CT molecular complexity index is 460. The SMILES string of the molecule is CC1CN(c2nccnc2C(=N)N)CC(C)(C)O1. The van der Waals surface area contributed by atoms with Crippen molar-refractivity contribution in [1.29, 1.82) is 5.41 Å². The second-order valence-electron chi connectivity index (χ2n) is 5.21. The topological polar surface area (TPSA) is 88.1 Å². The molecule has 18 heavy (non-hydrogen) atoms. The molecule has 1 atom stereocenters. The number of nitrogen functional groups attached to an aromatic ring is 1. The molecular weight excluding hydrogens is 230 g/mol. The molecule has 1 aromatic heterocycles. The molecular formula is C12H19N5O. The number of amidine groups is 1. The van der Waals surface area contributed by atoms with Gasteiger partial charge in [-0.25, -0.2) is 9.97 Å². The average molecular weight is 249 g/mol. The molecule has 0 aliphatic carbocycles. The normalized spacial score (nSPS) is 22.8. The molecule has 98 valence electrons. The quantitative estimate of drug-likeness (QED) is 0.597. The minimum atomic E-state index is -0.247. The highest BCUT2D eigenvalue weighted by molar-refractivity contribution is 5.97. The van der Waals surface area contributed by atoms with Crippen molar-refractivity contribution < 1.29 is 4.74 Å². The highest BCUT2D eigenvalue weighted by Gasteiger charge is 2.33. The molecule has 1 aromatic rings. The summed E-state index contributed by atoms with van der Waals surface area (Å²) in [5.74, 6) is 0.600. The van der Waals surface area contributed by atoms with Crippen LogP contribution in [0.2, 0.25) is 0 Å². The number of hydrogen-bond donors (Lipinski definition) is 2. The Morgan fingerprint density at radius 2 is 2.17 bits per heavy atom. The number of nitrogens with one attached hydrogen (secondary N) is 1. The fraction of sp³-hybridized carbons (Fsp3) is 0.583. The van der Waals surface area contributed by atoms with E-state index < -0.39 is 0 Å². The lowest BCUT2D eigenvalue weighted by atomic mass is 10.1. The molecule has 6 heteroatoms. The summed E-state index contributed by atoms with van der Waals surface area (Å²) < 4.78 is 5.85. The molecule has 0 bridgehead atoms. The summed E-state index contributed by atoms with van der Waals surface area (Å²) in [5.41, 5.74) is 5.73. The molecule has 1 aliphatic heterocycles. The van der Waals surface area contributed by atoms with E-state index in [0.717, 1.165) is 6.54 Å². The van der Waals surface area contributed by atoms with Crippen LogP contribution in [0.15, 0.2) is 12.4 Å². The van der Waals surface area contributed by atoms with Crippen LogP contribution in [0, 0.1) is 5.41 Å². The number of rotatable bonds is 2. The molecule has 0 spiro atoms. The zero-order valence-electron chi connectivity index (χ0n) is 11.0. The minimum Gasteiger partial charge on any atom is -0.382 e. The number of hydrogen-bond acceptors (Lipinski definition) is 5. The third kappa shape index (κ3) is 2.59. The molecule has 1 aliphatic rings. The average Bonchev–Trinajstić information content (AvgIpc) is 2.26. The van der Waals surface area contributed by atoms with E-state index in [-0.39, 0.29) is 17.5 Å². The molecule has 6 nitrogen and oxygen atoms in total. The summed E-state index contributed by atoms with van der Waals surface area (Å²) in [5, 5.41) is 7.56. The van der Waals surface area contributed by atoms with Crippen LogP contribution in [0.3, 0.4) is 0 Å². The Morgan fingerprint density at radius 1 is 1.50 bits per heavy atom. The van der Waals surface area contributed by atoms with Gasteiger partial charge in [-0.2, -0.15) is 0 Å². The first-order chi connectivity index (χ1) is 8.39. The molecule has 2 heterocycles. The first kappa shape index (κ1) is 12.8. The van der Waals surface area contributed by atoms with E-state index in [4.69, 9.17) is 15.9 Å². The Balaban J connectivity index is 2.34. The predicted octanol–water partition coefficient (Wildman–Crippen LogP) is 0.764. The maximum Gasteiger partial charge on any atom is 0.158 e. The molecule has 0 aromatic carbocycles.